The molecular formula is C14H17F2N3O3S. The van der Waals surface area contributed by atoms with Crippen LogP contribution in [0.1, 0.15) is 0 Å². The van der Waals surface area contributed by atoms with E-state index in [2.05, 4.69) is 0 Å². The van der Waals surface area contributed by atoms with Crippen molar-refractivity contribution in [3.63, 3.8) is 0 Å². The Morgan fingerprint density at radius 2 is 1.96 bits per heavy atom. The van der Waals surface area contributed by atoms with E-state index in [4.69, 9.17) is 10.5 Å². The van der Waals surface area contributed by atoms with E-state index >= 15 is 0 Å². The monoisotopic (exact) mass is 345 g/mol. The molecule has 1 aromatic carbocycles. The molecule has 1 atom stereocenters. The Morgan fingerprint density at radius 3 is 2.48 bits per heavy atom. The third kappa shape index (κ3) is 3.01. The molecule has 2 aliphatic rings. The number of rotatable bonds is 3. The first-order valence-corrected chi connectivity index (χ1v) is 8.44. The van der Waals surface area contributed by atoms with Crippen molar-refractivity contribution in [2.24, 2.45) is 5.73 Å². The van der Waals surface area contributed by atoms with Gasteiger partial charge in [0.15, 0.2) is 11.6 Å². The number of nitrogens with zero attached hydrogens (tertiary/aromatic N) is 2. The van der Waals surface area contributed by atoms with Crippen LogP contribution in [0.2, 0.25) is 0 Å². The predicted octanol–water partition coefficient (Wildman–Crippen LogP) is 1.80. The number of cyclic esters (lactones) is 1. The number of ether oxygens (including phenoxy) is 1. The van der Waals surface area contributed by atoms with Crippen molar-refractivity contribution in [2.45, 2.75) is 6.10 Å². The van der Waals surface area contributed by atoms with Crippen LogP contribution in [-0.4, -0.2) is 49.9 Å². The highest BCUT2D eigenvalue weighted by molar-refractivity contribution is 7.99. The molecule has 6 nitrogen and oxygen atoms in total. The molecule has 0 spiro atoms. The summed E-state index contributed by atoms with van der Waals surface area (Å²) >= 11 is 1.59. The molecule has 0 aliphatic carbocycles. The first kappa shape index (κ1) is 16.4. The number of nitrogens with two attached hydrogens (primary N) is 1. The number of carbonyl (C=O) groups is 1. The number of amides is 1. The first-order valence-electron chi connectivity index (χ1n) is 7.28. The van der Waals surface area contributed by atoms with Gasteiger partial charge in [-0.15, -0.1) is 0 Å². The molecule has 9 heteroatoms. The Labute approximate surface area is 136 Å². The minimum atomic E-state index is -1.01. The Bertz CT molecular complexity index is 602. The summed E-state index contributed by atoms with van der Waals surface area (Å²) in [7, 11) is 0. The van der Waals surface area contributed by atoms with E-state index in [0.29, 0.717) is 11.5 Å². The van der Waals surface area contributed by atoms with Crippen LogP contribution in [-0.2, 0) is 4.74 Å². The van der Waals surface area contributed by atoms with Crippen LogP contribution in [0.25, 0.3) is 0 Å². The predicted molar refractivity (Wildman–Crippen MR) is 85.2 cm³/mol. The lowest BCUT2D eigenvalue weighted by Gasteiger charge is -2.44. The topological polar surface area (TPSA) is 78.6 Å². The van der Waals surface area contributed by atoms with Gasteiger partial charge in [-0.05, 0) is 0 Å². The average Bonchev–Trinajstić information content (AvgIpc) is 2.88. The Kier molecular flexibility index (Phi) is 4.45. The lowest BCUT2D eigenvalue weighted by atomic mass is 10.2. The molecule has 2 N–H and O–H groups in total. The van der Waals surface area contributed by atoms with Gasteiger partial charge in [-0.1, -0.05) is 0 Å². The highest BCUT2D eigenvalue weighted by atomic mass is 32.2. The summed E-state index contributed by atoms with van der Waals surface area (Å²) in [5.74, 6) is -0.765. The minimum absolute atomic E-state index is 0.0303. The van der Waals surface area contributed by atoms with Crippen molar-refractivity contribution in [1.82, 2.24) is 4.65 Å². The molecule has 0 unspecified atom stereocenters. The second kappa shape index (κ2) is 6.23. The summed E-state index contributed by atoms with van der Waals surface area (Å²) in [6, 6.07) is 2.02. The van der Waals surface area contributed by atoms with Crippen LogP contribution in [0.4, 0.5) is 25.0 Å². The van der Waals surface area contributed by atoms with Gasteiger partial charge in [-0.3, -0.25) is 4.90 Å². The first-order chi connectivity index (χ1) is 10.9. The summed E-state index contributed by atoms with van der Waals surface area (Å²) < 4.78 is 32.8. The van der Waals surface area contributed by atoms with E-state index in [9.17, 15) is 18.8 Å². The Balaban J connectivity index is 1.93. The highest BCUT2D eigenvalue weighted by Crippen LogP contribution is 2.35. The van der Waals surface area contributed by atoms with Crippen LogP contribution in [0.15, 0.2) is 12.1 Å². The molecule has 3 rings (SSSR count). The number of anilines is 1. The van der Waals surface area contributed by atoms with Crippen molar-refractivity contribution in [3.8, 4) is 0 Å². The zero-order chi connectivity index (χ0) is 16.6. The summed E-state index contributed by atoms with van der Waals surface area (Å²) in [6.07, 6.45) is -1.21. The summed E-state index contributed by atoms with van der Waals surface area (Å²) in [4.78, 5) is 12.9. The van der Waals surface area contributed by atoms with Gasteiger partial charge in [0.25, 0.3) is 0 Å². The summed E-state index contributed by atoms with van der Waals surface area (Å²) in [5, 5.41) is 12.7. The van der Waals surface area contributed by atoms with Crippen molar-refractivity contribution in [2.75, 3.05) is 42.6 Å². The van der Waals surface area contributed by atoms with Gasteiger partial charge in [0.05, 0.1) is 25.3 Å². The van der Waals surface area contributed by atoms with Crippen LogP contribution in [0, 0.1) is 16.8 Å². The molecule has 23 heavy (non-hydrogen) atoms. The van der Waals surface area contributed by atoms with Crippen molar-refractivity contribution < 1.29 is 18.3 Å². The fraction of sp³-hybridized carbons (Fsp3) is 0.500. The lowest BCUT2D eigenvalue weighted by Crippen LogP contribution is -2.50. The molecule has 1 amide bonds. The fourth-order valence-electron chi connectivity index (χ4n) is 2.81. The number of halogens is 2. The lowest BCUT2D eigenvalue weighted by molar-refractivity contribution is 0.145. The summed E-state index contributed by atoms with van der Waals surface area (Å²) in [6.45, 7) is 0.503. The van der Waals surface area contributed by atoms with Crippen LogP contribution < -0.4 is 15.3 Å². The van der Waals surface area contributed by atoms with Crippen LogP contribution in [0.5, 0.6) is 0 Å². The van der Waals surface area contributed by atoms with E-state index in [-0.39, 0.29) is 31.9 Å². The van der Waals surface area contributed by atoms with Gasteiger partial charge in [-0.2, -0.15) is 11.8 Å². The van der Waals surface area contributed by atoms with E-state index in [1.807, 2.05) is 0 Å². The molecule has 1 aromatic rings. The quantitative estimate of drug-likeness (QED) is 0.668. The number of benzene rings is 1. The normalized spacial score (nSPS) is 23.9. The van der Waals surface area contributed by atoms with Crippen LogP contribution >= 0.6 is 11.8 Å². The molecule has 2 heterocycles. The molecule has 0 aromatic heterocycles. The molecule has 2 fully saturated rings. The minimum Gasteiger partial charge on any atom is -0.627 e. The largest absolute Gasteiger partial charge is 0.627 e. The Morgan fingerprint density at radius 1 is 1.35 bits per heavy atom. The molecule has 126 valence electrons. The van der Waals surface area contributed by atoms with Gasteiger partial charge >= 0.3 is 6.09 Å². The van der Waals surface area contributed by atoms with Crippen molar-refractivity contribution in [3.05, 3.63) is 29.0 Å². The van der Waals surface area contributed by atoms with Gasteiger partial charge in [0, 0.05) is 30.2 Å². The van der Waals surface area contributed by atoms with Gasteiger partial charge in [0.2, 0.25) is 5.69 Å². The fourth-order valence-corrected chi connectivity index (χ4v) is 3.87. The molecular weight excluding hydrogens is 328 g/mol. The zero-order valence-corrected chi connectivity index (χ0v) is 13.2. The SMILES string of the molecule is NC[C@H]1CN(c2cc(F)c([N+]3([O-])CCSCC3)c(F)c2)C(=O)O1. The maximum atomic E-state index is 14.4. The maximum Gasteiger partial charge on any atom is 0.414 e. The van der Waals surface area contributed by atoms with Crippen molar-refractivity contribution >= 4 is 29.2 Å². The maximum absolute atomic E-state index is 14.4. The smallest absolute Gasteiger partial charge is 0.414 e. The third-order valence-corrected chi connectivity index (χ3v) is 4.99. The number of carbonyl (C=O) groups excluding carboxylic acids is 1. The number of hydrogen-bond donors (Lipinski definition) is 1. The summed E-state index contributed by atoms with van der Waals surface area (Å²) in [5.41, 5.74) is 4.98. The second-order valence-corrected chi connectivity index (χ2v) is 6.78. The number of thioether (sulfide) groups is 1. The van der Waals surface area contributed by atoms with Gasteiger partial charge < -0.3 is 20.3 Å². The number of hydrogen-bond acceptors (Lipinski definition) is 5. The Hall–Kier alpha value is -1.42. The number of quaternary nitrogens is 1. The average molecular weight is 345 g/mol. The van der Waals surface area contributed by atoms with Gasteiger partial charge in [0.1, 0.15) is 6.10 Å². The molecule has 2 saturated heterocycles. The molecule has 0 radical (unpaired) electrons. The molecule has 0 saturated carbocycles. The van der Waals surface area contributed by atoms with E-state index in [1.165, 1.54) is 0 Å². The van der Waals surface area contributed by atoms with Crippen molar-refractivity contribution in [1.29, 1.82) is 0 Å². The molecule has 2 aliphatic heterocycles. The third-order valence-electron chi connectivity index (χ3n) is 4.05. The molecule has 0 bridgehead atoms. The zero-order valence-electron chi connectivity index (χ0n) is 12.3. The second-order valence-electron chi connectivity index (χ2n) is 5.56. The standard InChI is InChI=1S/C14H17F2N3O3S/c15-11-5-9(18-8-10(7-17)22-14(18)20)6-12(16)13(11)19(21)1-3-23-4-2-19/h5-6,10H,1-4,7-8,17H2/t10-/m0/s1. The van der Waals surface area contributed by atoms with Gasteiger partial charge in [-0.25, -0.2) is 13.6 Å². The van der Waals surface area contributed by atoms with Crippen LogP contribution in [0.3, 0.4) is 0 Å². The van der Waals surface area contributed by atoms with E-state index in [0.717, 1.165) is 17.0 Å². The highest BCUT2D eigenvalue weighted by Gasteiger charge is 2.35. The van der Waals surface area contributed by atoms with E-state index < -0.39 is 34.2 Å². The van der Waals surface area contributed by atoms with E-state index in [1.54, 1.807) is 11.8 Å². The number of hydroxylamine groups is 2.